The first-order valence-corrected chi connectivity index (χ1v) is 9.07. The van der Waals surface area contributed by atoms with E-state index in [2.05, 4.69) is 31.4 Å². The number of carbonyl (C=O) groups excluding carboxylic acids is 1. The number of carbonyl (C=O) groups is 1. The van der Waals surface area contributed by atoms with Gasteiger partial charge in [0, 0.05) is 28.4 Å². The second-order valence-electron chi connectivity index (χ2n) is 4.78. The lowest BCUT2D eigenvalue weighted by Gasteiger charge is -1.99. The zero-order chi connectivity index (χ0) is 17.6. The van der Waals surface area contributed by atoms with Crippen LogP contribution in [0.5, 0.6) is 0 Å². The average molecular weight is 437 g/mol. The molecular weight excluding hydrogens is 426 g/mol. The molecule has 2 aromatic heterocycles. The Kier molecular flexibility index (Phi) is 5.91. The van der Waals surface area contributed by atoms with Crippen molar-refractivity contribution in [1.29, 1.82) is 0 Å². The van der Waals surface area contributed by atoms with Crippen LogP contribution in [-0.4, -0.2) is 17.1 Å². The maximum Gasteiger partial charge on any atom is 0.272 e. The standard InChI is InChI=1S/C17H11BrClN3O2S/c18-15-8-13(10-21-22-16(23)11-2-1-7-20-9-11)24-17(15)25-14-5-3-12(19)4-6-14/h1-10H,(H,22,23)/b21-10+. The normalized spacial score (nSPS) is 11.0. The van der Waals surface area contributed by atoms with E-state index in [1.165, 1.54) is 24.2 Å². The Morgan fingerprint density at radius 2 is 2.12 bits per heavy atom. The number of benzene rings is 1. The summed E-state index contributed by atoms with van der Waals surface area (Å²) < 4.78 is 6.50. The highest BCUT2D eigenvalue weighted by Gasteiger charge is 2.10. The third-order valence-electron chi connectivity index (χ3n) is 2.98. The Bertz CT molecular complexity index is 898. The minimum absolute atomic E-state index is 0.342. The first-order chi connectivity index (χ1) is 12.1. The fourth-order valence-corrected chi connectivity index (χ4v) is 3.28. The van der Waals surface area contributed by atoms with Gasteiger partial charge in [-0.05, 0) is 52.3 Å². The second-order valence-corrected chi connectivity index (χ2v) is 7.12. The SMILES string of the molecule is O=C(N/N=C/c1cc(Br)c(Sc2ccc(Cl)cc2)o1)c1cccnc1. The Balaban J connectivity index is 1.64. The van der Waals surface area contributed by atoms with E-state index in [1.807, 2.05) is 24.3 Å². The number of rotatable bonds is 5. The zero-order valence-corrected chi connectivity index (χ0v) is 15.8. The third kappa shape index (κ3) is 4.94. The number of halogens is 2. The molecule has 0 unspecified atom stereocenters. The molecule has 25 heavy (non-hydrogen) atoms. The van der Waals surface area contributed by atoms with Crippen molar-refractivity contribution in [3.8, 4) is 0 Å². The summed E-state index contributed by atoms with van der Waals surface area (Å²) in [6, 6.07) is 12.6. The van der Waals surface area contributed by atoms with Crippen molar-refractivity contribution >= 4 is 51.4 Å². The van der Waals surface area contributed by atoms with Gasteiger partial charge in [0.05, 0.1) is 16.3 Å². The number of furan rings is 1. The van der Waals surface area contributed by atoms with E-state index in [9.17, 15) is 4.79 Å². The maximum absolute atomic E-state index is 11.9. The minimum atomic E-state index is -0.342. The van der Waals surface area contributed by atoms with E-state index in [-0.39, 0.29) is 5.91 Å². The maximum atomic E-state index is 11.9. The molecule has 3 rings (SSSR count). The van der Waals surface area contributed by atoms with Gasteiger partial charge in [-0.25, -0.2) is 5.43 Å². The highest BCUT2D eigenvalue weighted by atomic mass is 79.9. The topological polar surface area (TPSA) is 67.5 Å². The lowest BCUT2D eigenvalue weighted by molar-refractivity contribution is 0.0954. The largest absolute Gasteiger partial charge is 0.447 e. The highest BCUT2D eigenvalue weighted by Crippen LogP contribution is 2.35. The number of hydrazone groups is 1. The van der Waals surface area contributed by atoms with Crippen LogP contribution in [0.2, 0.25) is 5.02 Å². The van der Waals surface area contributed by atoms with E-state index >= 15 is 0 Å². The summed E-state index contributed by atoms with van der Waals surface area (Å²) in [7, 11) is 0. The summed E-state index contributed by atoms with van der Waals surface area (Å²) in [6.45, 7) is 0. The average Bonchev–Trinajstić information content (AvgIpc) is 2.97. The van der Waals surface area contributed by atoms with Crippen LogP contribution in [0.15, 0.2) is 78.8 Å². The van der Waals surface area contributed by atoms with Crippen LogP contribution < -0.4 is 5.43 Å². The van der Waals surface area contributed by atoms with Gasteiger partial charge in [-0.3, -0.25) is 9.78 Å². The van der Waals surface area contributed by atoms with Crippen LogP contribution in [-0.2, 0) is 0 Å². The molecule has 3 aromatic rings. The lowest BCUT2D eigenvalue weighted by Crippen LogP contribution is -2.17. The number of hydrogen-bond acceptors (Lipinski definition) is 5. The van der Waals surface area contributed by atoms with Crippen LogP contribution in [0.1, 0.15) is 16.1 Å². The van der Waals surface area contributed by atoms with Gasteiger partial charge in [0.1, 0.15) is 5.76 Å². The second kappa shape index (κ2) is 8.33. The number of nitrogens with zero attached hydrogens (tertiary/aromatic N) is 2. The smallest absolute Gasteiger partial charge is 0.272 e. The van der Waals surface area contributed by atoms with Crippen molar-refractivity contribution in [2.75, 3.05) is 0 Å². The molecule has 0 aliphatic carbocycles. The number of nitrogens with one attached hydrogen (secondary N) is 1. The minimum Gasteiger partial charge on any atom is -0.447 e. The summed E-state index contributed by atoms with van der Waals surface area (Å²) in [4.78, 5) is 16.7. The number of pyridine rings is 1. The summed E-state index contributed by atoms with van der Waals surface area (Å²) in [5, 5.41) is 5.26. The molecule has 1 N–H and O–H groups in total. The van der Waals surface area contributed by atoms with Gasteiger partial charge in [-0.15, -0.1) is 0 Å². The van der Waals surface area contributed by atoms with Crippen molar-refractivity contribution in [2.45, 2.75) is 9.99 Å². The van der Waals surface area contributed by atoms with Crippen LogP contribution in [0.25, 0.3) is 0 Å². The molecule has 0 bridgehead atoms. The van der Waals surface area contributed by atoms with Gasteiger partial charge >= 0.3 is 0 Å². The van der Waals surface area contributed by atoms with Gasteiger partial charge in [-0.1, -0.05) is 23.4 Å². The van der Waals surface area contributed by atoms with Crippen LogP contribution in [0.4, 0.5) is 0 Å². The molecule has 5 nitrogen and oxygen atoms in total. The molecule has 0 spiro atoms. The molecule has 0 aliphatic heterocycles. The molecule has 0 radical (unpaired) electrons. The Labute approximate surface area is 161 Å². The van der Waals surface area contributed by atoms with Gasteiger partial charge in [0.2, 0.25) is 0 Å². The zero-order valence-electron chi connectivity index (χ0n) is 12.6. The van der Waals surface area contributed by atoms with E-state index in [0.29, 0.717) is 21.4 Å². The van der Waals surface area contributed by atoms with Gasteiger partial charge in [-0.2, -0.15) is 5.10 Å². The molecule has 0 saturated carbocycles. The molecule has 0 atom stereocenters. The molecule has 126 valence electrons. The summed E-state index contributed by atoms with van der Waals surface area (Å²) >= 11 is 10.8. The molecule has 0 aliphatic rings. The Morgan fingerprint density at radius 3 is 2.84 bits per heavy atom. The predicted octanol–water partition coefficient (Wildman–Crippen LogP) is 5.01. The number of amides is 1. The van der Waals surface area contributed by atoms with Gasteiger partial charge in [0.25, 0.3) is 5.91 Å². The first kappa shape index (κ1) is 17.7. The van der Waals surface area contributed by atoms with Crippen molar-refractivity contribution < 1.29 is 9.21 Å². The Morgan fingerprint density at radius 1 is 1.32 bits per heavy atom. The number of hydrogen-bond donors (Lipinski definition) is 1. The lowest BCUT2D eigenvalue weighted by atomic mass is 10.3. The van der Waals surface area contributed by atoms with E-state index in [4.69, 9.17) is 16.0 Å². The summed E-state index contributed by atoms with van der Waals surface area (Å²) in [5.41, 5.74) is 2.86. The van der Waals surface area contributed by atoms with Gasteiger partial charge in [0.15, 0.2) is 5.09 Å². The molecule has 1 aromatic carbocycles. The highest BCUT2D eigenvalue weighted by molar-refractivity contribution is 9.10. The van der Waals surface area contributed by atoms with Crippen molar-refractivity contribution in [1.82, 2.24) is 10.4 Å². The predicted molar refractivity (Wildman–Crippen MR) is 101 cm³/mol. The fraction of sp³-hybridized carbons (Fsp3) is 0. The van der Waals surface area contributed by atoms with E-state index < -0.39 is 0 Å². The van der Waals surface area contributed by atoms with E-state index in [0.717, 1.165) is 9.37 Å². The molecular formula is C17H11BrClN3O2S. The van der Waals surface area contributed by atoms with E-state index in [1.54, 1.807) is 24.4 Å². The fourth-order valence-electron chi connectivity index (χ4n) is 1.83. The molecule has 1 amide bonds. The third-order valence-corrected chi connectivity index (χ3v) is 5.08. The van der Waals surface area contributed by atoms with Crippen molar-refractivity contribution in [2.24, 2.45) is 5.10 Å². The van der Waals surface area contributed by atoms with Gasteiger partial charge < -0.3 is 4.42 Å². The quantitative estimate of drug-likeness (QED) is 0.451. The van der Waals surface area contributed by atoms with Crippen LogP contribution in [0, 0.1) is 0 Å². The van der Waals surface area contributed by atoms with Crippen molar-refractivity contribution in [3.05, 3.63) is 75.7 Å². The van der Waals surface area contributed by atoms with Crippen molar-refractivity contribution in [3.63, 3.8) is 0 Å². The van der Waals surface area contributed by atoms with Crippen LogP contribution in [0.3, 0.4) is 0 Å². The van der Waals surface area contributed by atoms with Crippen LogP contribution >= 0.6 is 39.3 Å². The first-order valence-electron chi connectivity index (χ1n) is 7.08. The summed E-state index contributed by atoms with van der Waals surface area (Å²) in [5.74, 6) is 0.167. The number of aromatic nitrogens is 1. The molecule has 0 fully saturated rings. The molecule has 0 saturated heterocycles. The molecule has 2 heterocycles. The molecule has 8 heteroatoms. The monoisotopic (exact) mass is 435 g/mol. The Hall–Kier alpha value is -2.09. The summed E-state index contributed by atoms with van der Waals surface area (Å²) in [6.07, 6.45) is 4.50.